The van der Waals surface area contributed by atoms with E-state index in [9.17, 15) is 9.59 Å². The van der Waals surface area contributed by atoms with Crippen molar-refractivity contribution in [2.24, 2.45) is 0 Å². The molecule has 0 unspecified atom stereocenters. The molecule has 3 fully saturated rings. The maximum Gasteiger partial charge on any atom is 0.236 e. The van der Waals surface area contributed by atoms with E-state index < -0.39 is 0 Å². The van der Waals surface area contributed by atoms with Gasteiger partial charge in [-0.1, -0.05) is 0 Å². The third-order valence-electron chi connectivity index (χ3n) is 5.30. The van der Waals surface area contributed by atoms with Crippen LogP contribution < -0.4 is 5.32 Å². The van der Waals surface area contributed by atoms with Gasteiger partial charge in [0.2, 0.25) is 11.8 Å². The van der Waals surface area contributed by atoms with Gasteiger partial charge in [0, 0.05) is 78.4 Å². The minimum Gasteiger partial charge on any atom is -0.379 e. The molecular formula is C17H31N5O3. The summed E-state index contributed by atoms with van der Waals surface area (Å²) in [5.74, 6) is 0.478. The first-order valence-electron chi connectivity index (χ1n) is 9.51. The highest BCUT2D eigenvalue weighted by molar-refractivity contribution is 5.78. The van der Waals surface area contributed by atoms with E-state index in [1.165, 1.54) is 0 Å². The van der Waals surface area contributed by atoms with Crippen molar-refractivity contribution in [2.75, 3.05) is 91.8 Å². The summed E-state index contributed by atoms with van der Waals surface area (Å²) in [7, 11) is 0. The van der Waals surface area contributed by atoms with E-state index in [0.717, 1.165) is 85.2 Å². The molecule has 3 heterocycles. The summed E-state index contributed by atoms with van der Waals surface area (Å²) in [6.07, 6.45) is 0.585. The Morgan fingerprint density at radius 3 is 2.08 bits per heavy atom. The van der Waals surface area contributed by atoms with Gasteiger partial charge in [-0.2, -0.15) is 0 Å². The quantitative estimate of drug-likeness (QED) is 0.635. The molecular weight excluding hydrogens is 322 g/mol. The number of hydrogen-bond donors (Lipinski definition) is 1. The molecule has 0 aliphatic carbocycles. The van der Waals surface area contributed by atoms with Crippen LogP contribution in [0, 0.1) is 0 Å². The molecule has 0 aromatic rings. The molecule has 3 rings (SSSR count). The van der Waals surface area contributed by atoms with Crippen LogP contribution in [0.15, 0.2) is 0 Å². The first-order chi connectivity index (χ1) is 12.2. The molecule has 8 heteroatoms. The van der Waals surface area contributed by atoms with E-state index >= 15 is 0 Å². The standard InChI is InChI=1S/C17H31N5O3/c23-16(21-5-2-18-3-6-21)1-4-19-7-9-22(10-8-19)17(24)15-20-11-13-25-14-12-20/h18H,1-15H2. The monoisotopic (exact) mass is 353 g/mol. The molecule has 1 N–H and O–H groups in total. The summed E-state index contributed by atoms with van der Waals surface area (Å²) in [5, 5.41) is 3.27. The molecule has 0 aromatic heterocycles. The van der Waals surface area contributed by atoms with E-state index in [1.54, 1.807) is 0 Å². The Labute approximate surface area is 150 Å². The maximum atomic E-state index is 12.4. The van der Waals surface area contributed by atoms with Crippen molar-refractivity contribution < 1.29 is 14.3 Å². The first kappa shape index (κ1) is 18.6. The molecule has 0 atom stereocenters. The zero-order valence-corrected chi connectivity index (χ0v) is 15.1. The molecule has 2 amide bonds. The van der Waals surface area contributed by atoms with Crippen molar-refractivity contribution in [1.29, 1.82) is 0 Å². The molecule has 142 valence electrons. The summed E-state index contributed by atoms with van der Waals surface area (Å²) in [6, 6.07) is 0. The minimum absolute atomic E-state index is 0.221. The fourth-order valence-electron chi connectivity index (χ4n) is 3.60. The number of nitrogens with zero attached hydrogens (tertiary/aromatic N) is 4. The van der Waals surface area contributed by atoms with Crippen LogP contribution in [0.25, 0.3) is 0 Å². The lowest BCUT2D eigenvalue weighted by molar-refractivity contribution is -0.136. The Kier molecular flexibility index (Phi) is 7.03. The van der Waals surface area contributed by atoms with Crippen LogP contribution in [0.3, 0.4) is 0 Å². The predicted octanol–water partition coefficient (Wildman–Crippen LogP) is -1.72. The number of morpholine rings is 1. The molecule has 8 nitrogen and oxygen atoms in total. The van der Waals surface area contributed by atoms with Crippen LogP contribution >= 0.6 is 0 Å². The molecule has 0 saturated carbocycles. The average molecular weight is 353 g/mol. The van der Waals surface area contributed by atoms with E-state index in [-0.39, 0.29) is 11.8 Å². The van der Waals surface area contributed by atoms with Gasteiger partial charge in [0.05, 0.1) is 19.8 Å². The number of hydrogen-bond acceptors (Lipinski definition) is 6. The van der Waals surface area contributed by atoms with Gasteiger partial charge in [-0.05, 0) is 0 Å². The van der Waals surface area contributed by atoms with Crippen molar-refractivity contribution in [3.63, 3.8) is 0 Å². The largest absolute Gasteiger partial charge is 0.379 e. The third kappa shape index (κ3) is 5.64. The van der Waals surface area contributed by atoms with Crippen molar-refractivity contribution in [2.45, 2.75) is 6.42 Å². The number of nitrogens with one attached hydrogen (secondary N) is 1. The van der Waals surface area contributed by atoms with E-state index in [0.29, 0.717) is 13.0 Å². The normalized spacial score (nSPS) is 23.7. The molecule has 3 aliphatic rings. The van der Waals surface area contributed by atoms with Crippen LogP contribution in [0.4, 0.5) is 0 Å². The summed E-state index contributed by atoms with van der Waals surface area (Å²) in [5.41, 5.74) is 0. The van der Waals surface area contributed by atoms with E-state index in [2.05, 4.69) is 15.1 Å². The van der Waals surface area contributed by atoms with Crippen molar-refractivity contribution in [1.82, 2.24) is 24.9 Å². The highest BCUT2D eigenvalue weighted by atomic mass is 16.5. The zero-order valence-electron chi connectivity index (χ0n) is 15.1. The van der Waals surface area contributed by atoms with Crippen LogP contribution in [0.2, 0.25) is 0 Å². The van der Waals surface area contributed by atoms with Crippen LogP contribution in [-0.4, -0.2) is 123 Å². The highest BCUT2D eigenvalue weighted by Crippen LogP contribution is 2.06. The van der Waals surface area contributed by atoms with Crippen LogP contribution in [0.1, 0.15) is 6.42 Å². The fraction of sp³-hybridized carbons (Fsp3) is 0.882. The second-order valence-electron chi connectivity index (χ2n) is 6.99. The van der Waals surface area contributed by atoms with Gasteiger partial charge in [-0.15, -0.1) is 0 Å². The molecule has 0 spiro atoms. The first-order valence-corrected chi connectivity index (χ1v) is 9.51. The number of rotatable bonds is 5. The highest BCUT2D eigenvalue weighted by Gasteiger charge is 2.24. The van der Waals surface area contributed by atoms with Gasteiger partial charge in [0.1, 0.15) is 0 Å². The lowest BCUT2D eigenvalue weighted by Gasteiger charge is -2.36. The number of amides is 2. The van der Waals surface area contributed by atoms with Crippen molar-refractivity contribution >= 4 is 11.8 Å². The molecule has 3 aliphatic heterocycles. The van der Waals surface area contributed by atoms with Gasteiger partial charge in [0.15, 0.2) is 0 Å². The smallest absolute Gasteiger partial charge is 0.236 e. The summed E-state index contributed by atoms with van der Waals surface area (Å²) < 4.78 is 5.32. The Bertz CT molecular complexity index is 442. The van der Waals surface area contributed by atoms with Crippen LogP contribution in [-0.2, 0) is 14.3 Å². The molecule has 0 aromatic carbocycles. The SMILES string of the molecule is O=C(CCN1CCN(C(=O)CN2CCOCC2)CC1)N1CCNCC1. The molecule has 25 heavy (non-hydrogen) atoms. The van der Waals surface area contributed by atoms with Gasteiger partial charge in [0.25, 0.3) is 0 Å². The minimum atomic E-state index is 0.221. The Balaban J connectivity index is 1.32. The Hall–Kier alpha value is -1.22. The van der Waals surface area contributed by atoms with Crippen molar-refractivity contribution in [3.8, 4) is 0 Å². The van der Waals surface area contributed by atoms with Crippen LogP contribution in [0.5, 0.6) is 0 Å². The lowest BCUT2D eigenvalue weighted by atomic mass is 10.2. The fourth-order valence-corrected chi connectivity index (χ4v) is 3.60. The van der Waals surface area contributed by atoms with Gasteiger partial charge in [-0.3, -0.25) is 19.4 Å². The summed E-state index contributed by atoms with van der Waals surface area (Å²) in [6.45, 7) is 11.2. The number of piperazine rings is 2. The predicted molar refractivity (Wildman–Crippen MR) is 94.3 cm³/mol. The molecule has 3 saturated heterocycles. The maximum absolute atomic E-state index is 12.4. The average Bonchev–Trinajstić information content (AvgIpc) is 2.68. The van der Waals surface area contributed by atoms with Gasteiger partial charge >= 0.3 is 0 Å². The number of carbonyl (C=O) groups is 2. The van der Waals surface area contributed by atoms with Gasteiger partial charge < -0.3 is 19.9 Å². The summed E-state index contributed by atoms with van der Waals surface area (Å²) >= 11 is 0. The van der Waals surface area contributed by atoms with E-state index in [4.69, 9.17) is 4.74 Å². The summed E-state index contributed by atoms with van der Waals surface area (Å²) in [4.78, 5) is 33.0. The van der Waals surface area contributed by atoms with Gasteiger partial charge in [-0.25, -0.2) is 0 Å². The topological polar surface area (TPSA) is 68.4 Å². The third-order valence-corrected chi connectivity index (χ3v) is 5.30. The number of carbonyl (C=O) groups excluding carboxylic acids is 2. The number of ether oxygens (including phenoxy) is 1. The molecule has 0 radical (unpaired) electrons. The van der Waals surface area contributed by atoms with Crippen molar-refractivity contribution in [3.05, 3.63) is 0 Å². The Morgan fingerprint density at radius 1 is 0.760 bits per heavy atom. The second kappa shape index (κ2) is 9.47. The lowest BCUT2D eigenvalue weighted by Crippen LogP contribution is -2.53. The molecule has 0 bridgehead atoms. The Morgan fingerprint density at radius 2 is 1.40 bits per heavy atom. The zero-order chi connectivity index (χ0) is 17.5. The second-order valence-corrected chi connectivity index (χ2v) is 6.99. The van der Waals surface area contributed by atoms with E-state index in [1.807, 2.05) is 9.80 Å².